The number of rotatable bonds is 5. The molecule has 0 radical (unpaired) electrons. The largest absolute Gasteiger partial charge is 0.271 e. The molecule has 0 aromatic carbocycles. The molecule has 1 atom stereocenters. The molecule has 0 saturated heterocycles. The number of hydrogen-bond acceptors (Lipinski definition) is 5. The van der Waals surface area contributed by atoms with Gasteiger partial charge in [0.25, 0.3) is 0 Å². The Balaban J connectivity index is 2.75. The zero-order valence-corrected chi connectivity index (χ0v) is 11.3. The first kappa shape index (κ1) is 13.6. The van der Waals surface area contributed by atoms with Crippen molar-refractivity contribution < 1.29 is 8.42 Å². The van der Waals surface area contributed by atoms with E-state index >= 15 is 0 Å². The van der Waals surface area contributed by atoms with Crippen LogP contribution in [0.15, 0.2) is 22.9 Å². The first-order valence-electron chi connectivity index (χ1n) is 4.66. The molecule has 0 bridgehead atoms. The van der Waals surface area contributed by atoms with Crippen LogP contribution in [-0.4, -0.2) is 25.4 Å². The second-order valence-corrected chi connectivity index (χ2v) is 6.75. The summed E-state index contributed by atoms with van der Waals surface area (Å²) >= 11 is 3.30. The van der Waals surface area contributed by atoms with Crippen LogP contribution >= 0.6 is 15.9 Å². The summed E-state index contributed by atoms with van der Waals surface area (Å²) in [6, 6.07) is 1.65. The van der Waals surface area contributed by atoms with Crippen molar-refractivity contribution >= 4 is 25.8 Å². The fraction of sp³-hybridized carbons (Fsp3) is 0.444. The molecule has 1 rings (SSSR count). The lowest BCUT2D eigenvalue weighted by Crippen LogP contribution is -2.29. The van der Waals surface area contributed by atoms with Gasteiger partial charge in [0.05, 0.1) is 5.75 Å². The molecular weight excluding hydrogens is 294 g/mol. The van der Waals surface area contributed by atoms with Crippen molar-refractivity contribution in [2.45, 2.75) is 12.5 Å². The van der Waals surface area contributed by atoms with Gasteiger partial charge in [0.15, 0.2) is 0 Å². The van der Waals surface area contributed by atoms with Crippen molar-refractivity contribution in [3.8, 4) is 0 Å². The lowest BCUT2D eigenvalue weighted by Gasteiger charge is -2.15. The van der Waals surface area contributed by atoms with Crippen LogP contribution in [0, 0.1) is 0 Å². The number of pyridine rings is 1. The van der Waals surface area contributed by atoms with Crippen LogP contribution in [-0.2, 0) is 9.84 Å². The van der Waals surface area contributed by atoms with Crippen molar-refractivity contribution in [2.75, 3.05) is 12.0 Å². The minimum atomic E-state index is -2.98. The van der Waals surface area contributed by atoms with Crippen LogP contribution in [0.25, 0.3) is 0 Å². The summed E-state index contributed by atoms with van der Waals surface area (Å²) in [7, 11) is -2.98. The van der Waals surface area contributed by atoms with Crippen LogP contribution in [0.5, 0.6) is 0 Å². The number of nitrogens with one attached hydrogen (secondary N) is 1. The topological polar surface area (TPSA) is 85.1 Å². The summed E-state index contributed by atoms with van der Waals surface area (Å²) in [5, 5.41) is 0. The van der Waals surface area contributed by atoms with Crippen molar-refractivity contribution in [2.24, 2.45) is 5.84 Å². The van der Waals surface area contributed by atoms with E-state index in [4.69, 9.17) is 5.84 Å². The third kappa shape index (κ3) is 4.56. The molecule has 0 fully saturated rings. The average molecular weight is 308 g/mol. The van der Waals surface area contributed by atoms with E-state index in [1.54, 1.807) is 12.4 Å². The predicted molar refractivity (Wildman–Crippen MR) is 66.3 cm³/mol. The minimum Gasteiger partial charge on any atom is -0.271 e. The number of nitrogens with zero attached hydrogens (tertiary/aromatic N) is 1. The highest BCUT2D eigenvalue weighted by Gasteiger charge is 2.13. The van der Waals surface area contributed by atoms with Gasteiger partial charge in [-0.05, 0) is 34.0 Å². The monoisotopic (exact) mass is 307 g/mol. The summed E-state index contributed by atoms with van der Waals surface area (Å²) in [5.74, 6) is 5.49. The van der Waals surface area contributed by atoms with E-state index in [1.807, 2.05) is 6.07 Å². The first-order valence-corrected chi connectivity index (χ1v) is 7.52. The molecule has 0 aliphatic carbocycles. The molecule has 1 aromatic rings. The van der Waals surface area contributed by atoms with Gasteiger partial charge in [-0.1, -0.05) is 0 Å². The standard InChI is InChI=1S/C9H14BrN3O2S/c1-16(14,15)3-2-9(13-11)7-4-8(10)6-12-5-7/h4-6,9,13H,2-3,11H2,1H3. The molecule has 0 saturated carbocycles. The van der Waals surface area contributed by atoms with Gasteiger partial charge in [-0.15, -0.1) is 0 Å². The first-order chi connectivity index (χ1) is 7.42. The molecule has 90 valence electrons. The van der Waals surface area contributed by atoms with Gasteiger partial charge in [-0.25, -0.2) is 8.42 Å². The Morgan fingerprint density at radius 3 is 2.75 bits per heavy atom. The highest BCUT2D eigenvalue weighted by atomic mass is 79.9. The predicted octanol–water partition coefficient (Wildman–Crippen LogP) is 0.783. The molecule has 1 unspecified atom stereocenters. The number of nitrogens with two attached hydrogens (primary N) is 1. The number of halogens is 1. The Labute approximate surface area is 103 Å². The maximum atomic E-state index is 11.1. The number of hydrogen-bond donors (Lipinski definition) is 2. The second-order valence-electron chi connectivity index (χ2n) is 3.57. The molecular formula is C9H14BrN3O2S. The quantitative estimate of drug-likeness (QED) is 0.620. The van der Waals surface area contributed by atoms with Crippen molar-refractivity contribution in [1.82, 2.24) is 10.4 Å². The zero-order chi connectivity index (χ0) is 12.2. The van der Waals surface area contributed by atoms with E-state index in [0.717, 1.165) is 10.0 Å². The summed E-state index contributed by atoms with van der Waals surface area (Å²) in [6.07, 6.45) is 4.96. The van der Waals surface area contributed by atoms with Gasteiger partial charge >= 0.3 is 0 Å². The van der Waals surface area contributed by atoms with Crippen molar-refractivity contribution in [3.05, 3.63) is 28.5 Å². The summed E-state index contributed by atoms with van der Waals surface area (Å²) < 4.78 is 23.0. The maximum absolute atomic E-state index is 11.1. The molecule has 16 heavy (non-hydrogen) atoms. The molecule has 5 nitrogen and oxygen atoms in total. The van der Waals surface area contributed by atoms with Gasteiger partial charge in [0.1, 0.15) is 9.84 Å². The summed E-state index contributed by atoms with van der Waals surface area (Å²) in [4.78, 5) is 4.01. The third-order valence-corrected chi connectivity index (χ3v) is 3.52. The van der Waals surface area contributed by atoms with Crippen LogP contribution < -0.4 is 11.3 Å². The molecule has 0 amide bonds. The van der Waals surface area contributed by atoms with Gasteiger partial charge in [-0.2, -0.15) is 0 Å². The van der Waals surface area contributed by atoms with Gasteiger partial charge < -0.3 is 0 Å². The van der Waals surface area contributed by atoms with Gasteiger partial charge in [0, 0.05) is 29.2 Å². The fourth-order valence-corrected chi connectivity index (χ4v) is 2.34. The zero-order valence-electron chi connectivity index (χ0n) is 8.85. The summed E-state index contributed by atoms with van der Waals surface area (Å²) in [5.41, 5.74) is 3.45. The molecule has 0 aliphatic rings. The molecule has 1 heterocycles. The summed E-state index contributed by atoms with van der Waals surface area (Å²) in [6.45, 7) is 0. The molecule has 3 N–H and O–H groups in total. The van der Waals surface area contributed by atoms with Crippen LogP contribution in [0.4, 0.5) is 0 Å². The van der Waals surface area contributed by atoms with E-state index in [9.17, 15) is 8.42 Å². The lowest BCUT2D eigenvalue weighted by atomic mass is 10.1. The second kappa shape index (κ2) is 5.72. The third-order valence-electron chi connectivity index (χ3n) is 2.11. The Hall–Kier alpha value is -0.500. The van der Waals surface area contributed by atoms with Crippen molar-refractivity contribution in [1.29, 1.82) is 0 Å². The van der Waals surface area contributed by atoms with Crippen LogP contribution in [0.3, 0.4) is 0 Å². The van der Waals surface area contributed by atoms with Crippen LogP contribution in [0.2, 0.25) is 0 Å². The highest BCUT2D eigenvalue weighted by Crippen LogP contribution is 2.19. The Kier molecular flexibility index (Phi) is 4.85. The normalized spacial score (nSPS) is 13.7. The van der Waals surface area contributed by atoms with E-state index < -0.39 is 9.84 Å². The van der Waals surface area contributed by atoms with E-state index in [-0.39, 0.29) is 11.8 Å². The average Bonchev–Trinajstić information content (AvgIpc) is 2.17. The van der Waals surface area contributed by atoms with E-state index in [1.165, 1.54) is 6.26 Å². The molecule has 0 aliphatic heterocycles. The number of hydrazine groups is 1. The lowest BCUT2D eigenvalue weighted by molar-refractivity contribution is 0.529. The molecule has 1 aromatic heterocycles. The number of sulfone groups is 1. The fourth-order valence-electron chi connectivity index (χ4n) is 1.30. The number of aromatic nitrogens is 1. The Morgan fingerprint density at radius 1 is 1.56 bits per heavy atom. The molecule has 0 spiro atoms. The molecule has 7 heteroatoms. The Morgan fingerprint density at radius 2 is 2.25 bits per heavy atom. The van der Waals surface area contributed by atoms with E-state index in [0.29, 0.717) is 6.42 Å². The minimum absolute atomic E-state index is 0.0916. The van der Waals surface area contributed by atoms with Gasteiger partial charge in [0.2, 0.25) is 0 Å². The Bertz CT molecular complexity index is 450. The highest BCUT2D eigenvalue weighted by molar-refractivity contribution is 9.10. The van der Waals surface area contributed by atoms with Gasteiger partial charge in [-0.3, -0.25) is 16.3 Å². The SMILES string of the molecule is CS(=O)(=O)CCC(NN)c1cncc(Br)c1. The smallest absolute Gasteiger partial charge is 0.147 e. The maximum Gasteiger partial charge on any atom is 0.147 e. The van der Waals surface area contributed by atoms with Crippen molar-refractivity contribution in [3.63, 3.8) is 0 Å². The van der Waals surface area contributed by atoms with Crippen LogP contribution in [0.1, 0.15) is 18.0 Å². The van der Waals surface area contributed by atoms with E-state index in [2.05, 4.69) is 26.3 Å².